The Bertz CT molecular complexity index is 1950. The molecule has 5 nitrogen and oxygen atoms in total. The second-order valence-corrected chi connectivity index (χ2v) is 11.7. The molecule has 0 saturated heterocycles. The Labute approximate surface area is 267 Å². The number of hydrogen-bond donors (Lipinski definition) is 0. The van der Waals surface area contributed by atoms with E-state index in [1.54, 1.807) is 0 Å². The molecule has 1 aliphatic rings. The number of ether oxygens (including phenoxy) is 1. The maximum Gasteiger partial charge on any atom is 0.135 e. The summed E-state index contributed by atoms with van der Waals surface area (Å²) in [6.07, 6.45) is 5.95. The third kappa shape index (κ3) is 5.58. The summed E-state index contributed by atoms with van der Waals surface area (Å²) >= 11 is 0. The van der Waals surface area contributed by atoms with E-state index in [-0.39, 0.29) is 26.5 Å². The van der Waals surface area contributed by atoms with E-state index in [4.69, 9.17) is 9.72 Å². The van der Waals surface area contributed by atoms with E-state index in [2.05, 4.69) is 116 Å². The van der Waals surface area contributed by atoms with Gasteiger partial charge in [-0.3, -0.25) is 0 Å². The van der Waals surface area contributed by atoms with Gasteiger partial charge >= 0.3 is 0 Å². The van der Waals surface area contributed by atoms with Gasteiger partial charge in [0.05, 0.1) is 0 Å². The number of aryl methyl sites for hydroxylation is 1. The molecule has 0 atom stereocenters. The van der Waals surface area contributed by atoms with Crippen LogP contribution in [0.3, 0.4) is 0 Å². The first-order chi connectivity index (χ1) is 20.3. The van der Waals surface area contributed by atoms with E-state index in [1.165, 1.54) is 11.1 Å². The first-order valence-corrected chi connectivity index (χ1v) is 14.1. The van der Waals surface area contributed by atoms with Gasteiger partial charge in [-0.2, -0.15) is 12.1 Å². The molecule has 0 bridgehead atoms. The van der Waals surface area contributed by atoms with Gasteiger partial charge in [0, 0.05) is 50.0 Å². The number of hydrogen-bond acceptors (Lipinski definition) is 4. The van der Waals surface area contributed by atoms with Crippen LogP contribution in [0.25, 0.3) is 27.6 Å². The third-order valence-corrected chi connectivity index (χ3v) is 7.62. The zero-order valence-electron chi connectivity index (χ0n) is 24.5. The molecule has 6 aromatic rings. The van der Waals surface area contributed by atoms with Crippen LogP contribution >= 0.6 is 0 Å². The molecule has 0 saturated carbocycles. The average Bonchev–Trinajstić information content (AvgIpc) is 3.61. The summed E-state index contributed by atoms with van der Waals surface area (Å²) in [6, 6.07) is 38.1. The molecule has 1 aliphatic heterocycles. The van der Waals surface area contributed by atoms with Crippen molar-refractivity contribution in [1.29, 1.82) is 0 Å². The van der Waals surface area contributed by atoms with Crippen LogP contribution in [0.1, 0.15) is 31.9 Å². The molecule has 0 radical (unpaired) electrons. The number of pyridine rings is 1. The first kappa shape index (κ1) is 28.8. The second kappa shape index (κ2) is 11.4. The van der Waals surface area contributed by atoms with Crippen LogP contribution in [0.5, 0.6) is 11.5 Å². The molecular formula is C37H31N4OPt-3. The minimum Gasteiger partial charge on any atom is -0.509 e. The van der Waals surface area contributed by atoms with Crippen LogP contribution in [-0.4, -0.2) is 9.55 Å². The summed E-state index contributed by atoms with van der Waals surface area (Å²) in [7, 11) is 0. The molecule has 0 amide bonds. The van der Waals surface area contributed by atoms with Crippen molar-refractivity contribution in [2.45, 2.75) is 33.1 Å². The van der Waals surface area contributed by atoms with E-state index < -0.39 is 0 Å². The summed E-state index contributed by atoms with van der Waals surface area (Å²) < 4.78 is 8.53. The molecule has 2 aromatic heterocycles. The first-order valence-electron chi connectivity index (χ1n) is 14.1. The maximum absolute atomic E-state index is 6.35. The molecule has 6 heteroatoms. The average molecular weight is 743 g/mol. The standard InChI is InChI=1S/C37H31N4O.Pt/c1-26-12-14-28(15-13-26)39-20-21-40(25-39)29-8-7-9-30(23-29)42-31-16-17-33-32-10-5-6-11-34(32)41(35(33)24-31)36-22-27(18-19-38-36)37(2,3)4;/h5-22,25H,1-4H3;/q-3;. The zero-order chi connectivity index (χ0) is 28.8. The molecule has 0 N–H and O–H groups in total. The number of benzene rings is 4. The molecule has 3 heterocycles. The molecule has 4 aromatic carbocycles. The maximum atomic E-state index is 6.35. The van der Waals surface area contributed by atoms with Gasteiger partial charge in [0.1, 0.15) is 5.82 Å². The Balaban J connectivity index is 0.00000329. The largest absolute Gasteiger partial charge is 0.509 e. The Kier molecular flexibility index (Phi) is 7.62. The third-order valence-electron chi connectivity index (χ3n) is 7.62. The van der Waals surface area contributed by atoms with Crippen molar-refractivity contribution in [3.63, 3.8) is 0 Å². The van der Waals surface area contributed by atoms with E-state index in [9.17, 15) is 0 Å². The van der Waals surface area contributed by atoms with Crippen LogP contribution in [0.4, 0.5) is 11.4 Å². The Morgan fingerprint density at radius 2 is 1.53 bits per heavy atom. The van der Waals surface area contributed by atoms with Crippen molar-refractivity contribution in [2.75, 3.05) is 9.80 Å². The van der Waals surface area contributed by atoms with Crippen molar-refractivity contribution >= 4 is 33.2 Å². The summed E-state index contributed by atoms with van der Waals surface area (Å²) in [5, 5.41) is 2.26. The molecular weight excluding hydrogens is 712 g/mol. The van der Waals surface area contributed by atoms with Crippen LogP contribution in [0.15, 0.2) is 110 Å². The Hall–Kier alpha value is -4.34. The Morgan fingerprint density at radius 3 is 2.35 bits per heavy atom. The van der Waals surface area contributed by atoms with Gasteiger partial charge in [-0.15, -0.1) is 48.1 Å². The van der Waals surface area contributed by atoms with Crippen LogP contribution in [0.2, 0.25) is 0 Å². The van der Waals surface area contributed by atoms with E-state index in [0.29, 0.717) is 11.5 Å². The van der Waals surface area contributed by atoms with E-state index in [0.717, 1.165) is 39.0 Å². The molecule has 0 fully saturated rings. The van der Waals surface area contributed by atoms with Crippen molar-refractivity contribution in [1.82, 2.24) is 9.55 Å². The number of rotatable bonds is 5. The molecule has 43 heavy (non-hydrogen) atoms. The van der Waals surface area contributed by atoms with E-state index in [1.807, 2.05) is 54.4 Å². The number of nitrogens with zero attached hydrogens (tertiary/aromatic N) is 4. The number of aromatic nitrogens is 2. The van der Waals surface area contributed by atoms with Gasteiger partial charge in [-0.25, -0.2) is 4.98 Å². The summed E-state index contributed by atoms with van der Waals surface area (Å²) in [6.45, 7) is 10.8. The van der Waals surface area contributed by atoms with Crippen molar-refractivity contribution in [3.05, 3.63) is 140 Å². The predicted octanol–water partition coefficient (Wildman–Crippen LogP) is 9.09. The normalized spacial score (nSPS) is 13.1. The molecule has 0 aliphatic carbocycles. The van der Waals surface area contributed by atoms with Crippen molar-refractivity contribution < 1.29 is 25.8 Å². The van der Waals surface area contributed by atoms with Crippen LogP contribution < -0.4 is 14.5 Å². The predicted molar refractivity (Wildman–Crippen MR) is 171 cm³/mol. The molecule has 7 rings (SSSR count). The van der Waals surface area contributed by atoms with Gasteiger partial charge in [-0.1, -0.05) is 62.2 Å². The monoisotopic (exact) mass is 742 g/mol. The van der Waals surface area contributed by atoms with Gasteiger partial charge in [0.15, 0.2) is 0 Å². The summed E-state index contributed by atoms with van der Waals surface area (Å²) in [5.74, 6) is 2.11. The number of anilines is 2. The van der Waals surface area contributed by atoms with Gasteiger partial charge in [0.25, 0.3) is 0 Å². The van der Waals surface area contributed by atoms with E-state index >= 15 is 0 Å². The molecule has 0 unspecified atom stereocenters. The van der Waals surface area contributed by atoms with Crippen LogP contribution in [-0.2, 0) is 26.5 Å². The SMILES string of the molecule is Cc1ccc(N2C=CN(c3[c-]c(Oc4[c-]c5c(cc4)c4ccccc4n5-c4cc(C(C)(C)C)ccn4)ccc3)[CH-]2)cc1.[Pt]. The van der Waals surface area contributed by atoms with Gasteiger partial charge < -0.3 is 19.1 Å². The fourth-order valence-electron chi connectivity index (χ4n) is 5.31. The smallest absolute Gasteiger partial charge is 0.135 e. The Morgan fingerprint density at radius 1 is 0.767 bits per heavy atom. The topological polar surface area (TPSA) is 33.5 Å². The van der Waals surface area contributed by atoms with Crippen molar-refractivity contribution in [2.24, 2.45) is 0 Å². The fourth-order valence-corrected chi connectivity index (χ4v) is 5.31. The van der Waals surface area contributed by atoms with Crippen LogP contribution in [0, 0.1) is 25.7 Å². The van der Waals surface area contributed by atoms with Gasteiger partial charge in [-0.05, 0) is 66.0 Å². The van der Waals surface area contributed by atoms with Crippen molar-refractivity contribution in [3.8, 4) is 17.3 Å². The zero-order valence-corrected chi connectivity index (χ0v) is 26.8. The number of fused-ring (bicyclic) bond motifs is 3. The van der Waals surface area contributed by atoms with Gasteiger partial charge in [0.2, 0.25) is 0 Å². The quantitative estimate of drug-likeness (QED) is 0.165. The minimum absolute atomic E-state index is 0. The summed E-state index contributed by atoms with van der Waals surface area (Å²) in [4.78, 5) is 8.89. The fraction of sp³-hybridized carbons (Fsp3) is 0.135. The minimum atomic E-state index is 0. The molecule has 218 valence electrons. The molecule has 0 spiro atoms. The second-order valence-electron chi connectivity index (χ2n) is 11.7. The number of para-hydroxylation sites is 1. The summed E-state index contributed by atoms with van der Waals surface area (Å²) in [5.41, 5.74) is 6.47.